The first-order chi connectivity index (χ1) is 18.3. The van der Waals surface area contributed by atoms with E-state index in [1.54, 1.807) is 5.38 Å². The van der Waals surface area contributed by atoms with Gasteiger partial charge in [-0.15, -0.1) is 23.5 Å². The number of hydrogen-bond donors (Lipinski definition) is 1. The third kappa shape index (κ3) is 8.90. The molecule has 0 saturated carbocycles. The Morgan fingerprint density at radius 3 is 1.77 bits per heavy atom. The molecular formula is C26H26N2O7S4. The van der Waals surface area contributed by atoms with Crippen molar-refractivity contribution in [2.24, 2.45) is 0 Å². The van der Waals surface area contributed by atoms with E-state index in [-0.39, 0.29) is 29.6 Å². The molecule has 0 atom stereocenters. The molecule has 0 bridgehead atoms. The van der Waals surface area contributed by atoms with Crippen molar-refractivity contribution >= 4 is 62.2 Å². The Morgan fingerprint density at radius 2 is 1.31 bits per heavy atom. The second-order valence-corrected chi connectivity index (χ2v) is 11.1. The molecule has 0 amide bonds. The highest BCUT2D eigenvalue weighted by Gasteiger charge is 2.26. The Balaban J connectivity index is 0.000000268. The zero-order valence-electron chi connectivity index (χ0n) is 20.0. The monoisotopic (exact) mass is 606 g/mol. The summed E-state index contributed by atoms with van der Waals surface area (Å²) in [6.45, 7) is -0.165. The van der Waals surface area contributed by atoms with Crippen LogP contribution in [0.4, 0.5) is 10.0 Å². The lowest BCUT2D eigenvalue weighted by molar-refractivity contribution is -0.383. The molecule has 2 aromatic heterocycles. The number of rotatable bonds is 10. The van der Waals surface area contributed by atoms with Gasteiger partial charge in [-0.25, -0.2) is 4.79 Å². The molecule has 0 aliphatic carbocycles. The fourth-order valence-corrected chi connectivity index (χ4v) is 7.39. The second kappa shape index (κ2) is 16.0. The quantitative estimate of drug-likeness (QED) is 0.0830. The van der Waals surface area contributed by atoms with Crippen molar-refractivity contribution in [3.05, 3.63) is 114 Å². The van der Waals surface area contributed by atoms with E-state index >= 15 is 0 Å². The van der Waals surface area contributed by atoms with Crippen LogP contribution in [0.2, 0.25) is 0 Å². The van der Waals surface area contributed by atoms with Crippen LogP contribution in [0, 0.1) is 20.2 Å². The van der Waals surface area contributed by atoms with E-state index in [0.717, 1.165) is 33.8 Å². The minimum Gasteiger partial charge on any atom is -0.465 e. The first kappa shape index (κ1) is 32.0. The summed E-state index contributed by atoms with van der Waals surface area (Å²) in [4.78, 5) is 33.6. The molecule has 1 N–H and O–H groups in total. The predicted molar refractivity (Wildman–Crippen MR) is 158 cm³/mol. The number of thiophene rings is 2. The van der Waals surface area contributed by atoms with Crippen LogP contribution in [-0.2, 0) is 22.8 Å². The van der Waals surface area contributed by atoms with E-state index in [1.165, 1.54) is 36.0 Å². The second-order valence-electron chi connectivity index (χ2n) is 7.39. The number of nitrogens with zero attached hydrogens (tertiary/aromatic N) is 2. The molecule has 0 unspecified atom stereocenters. The normalized spacial score (nSPS) is 10.1. The van der Waals surface area contributed by atoms with E-state index in [9.17, 15) is 30.1 Å². The van der Waals surface area contributed by atoms with Gasteiger partial charge in [-0.3, -0.25) is 20.2 Å². The molecule has 0 spiro atoms. The Bertz CT molecular complexity index is 1380. The highest BCUT2D eigenvalue weighted by Crippen LogP contribution is 2.41. The Kier molecular flexibility index (Phi) is 13.1. The van der Waals surface area contributed by atoms with Gasteiger partial charge in [0.1, 0.15) is 9.79 Å². The lowest BCUT2D eigenvalue weighted by Gasteiger charge is -2.03. The maximum absolute atomic E-state index is 11.6. The van der Waals surface area contributed by atoms with Gasteiger partial charge >= 0.3 is 16.0 Å². The molecule has 206 valence electrons. The number of hydrogen-bond acceptors (Lipinski definition) is 11. The molecule has 39 heavy (non-hydrogen) atoms. The van der Waals surface area contributed by atoms with Gasteiger partial charge < -0.3 is 9.84 Å². The minimum absolute atomic E-state index is 0. The van der Waals surface area contributed by atoms with E-state index in [1.807, 2.05) is 60.7 Å². The van der Waals surface area contributed by atoms with Crippen molar-refractivity contribution in [3.8, 4) is 0 Å². The van der Waals surface area contributed by atoms with Crippen molar-refractivity contribution in [2.45, 2.75) is 35.3 Å². The molecule has 0 saturated heterocycles. The Hall–Kier alpha value is -3.23. The molecule has 2 aromatic carbocycles. The molecule has 0 aliphatic heterocycles. The SMILES string of the molecule is C.COC(=O)c1csc([N+](=O)[O-])c1SCc1ccccc1.O=[N+]([O-])c1scc(CO)c1SCc1ccccc1. The summed E-state index contributed by atoms with van der Waals surface area (Å²) in [6, 6.07) is 19.3. The van der Waals surface area contributed by atoms with Gasteiger partial charge in [-0.1, -0.05) is 90.8 Å². The number of esters is 1. The Morgan fingerprint density at radius 1 is 0.846 bits per heavy atom. The van der Waals surface area contributed by atoms with Gasteiger partial charge in [0.25, 0.3) is 0 Å². The van der Waals surface area contributed by atoms with E-state index in [0.29, 0.717) is 26.9 Å². The van der Waals surface area contributed by atoms with Gasteiger partial charge in [0.15, 0.2) is 0 Å². The summed E-state index contributed by atoms with van der Waals surface area (Å²) in [5, 5.41) is 34.3. The number of benzene rings is 2. The van der Waals surface area contributed by atoms with Crippen LogP contribution < -0.4 is 0 Å². The highest BCUT2D eigenvalue weighted by atomic mass is 32.2. The zero-order valence-corrected chi connectivity index (χ0v) is 23.2. The smallest absolute Gasteiger partial charge is 0.340 e. The van der Waals surface area contributed by atoms with E-state index in [2.05, 4.69) is 4.74 Å². The fourth-order valence-electron chi connectivity index (χ4n) is 3.07. The first-order valence-electron chi connectivity index (χ1n) is 10.9. The van der Waals surface area contributed by atoms with Gasteiger partial charge in [0, 0.05) is 27.8 Å². The topological polar surface area (TPSA) is 133 Å². The largest absolute Gasteiger partial charge is 0.465 e. The number of ether oxygens (including phenoxy) is 1. The summed E-state index contributed by atoms with van der Waals surface area (Å²) < 4.78 is 4.65. The van der Waals surface area contributed by atoms with Gasteiger partial charge in [0.05, 0.1) is 29.1 Å². The van der Waals surface area contributed by atoms with Crippen molar-refractivity contribution < 1.29 is 24.5 Å². The number of thioether (sulfide) groups is 2. The van der Waals surface area contributed by atoms with Crippen LogP contribution in [0.1, 0.15) is 34.5 Å². The van der Waals surface area contributed by atoms with Crippen LogP contribution in [0.3, 0.4) is 0 Å². The molecular weight excluding hydrogens is 581 g/mol. The van der Waals surface area contributed by atoms with Crippen LogP contribution >= 0.6 is 46.2 Å². The summed E-state index contributed by atoms with van der Waals surface area (Å²) in [6.07, 6.45) is 0. The number of carbonyl (C=O) groups excluding carboxylic acids is 1. The van der Waals surface area contributed by atoms with Crippen LogP contribution in [0.25, 0.3) is 0 Å². The van der Waals surface area contributed by atoms with Crippen molar-refractivity contribution in [1.82, 2.24) is 0 Å². The maximum atomic E-state index is 11.6. The number of methoxy groups -OCH3 is 1. The summed E-state index contributed by atoms with van der Waals surface area (Å²) >= 11 is 4.67. The number of aliphatic hydroxyl groups is 1. The van der Waals surface area contributed by atoms with Crippen LogP contribution in [0.5, 0.6) is 0 Å². The minimum atomic E-state index is -0.551. The third-order valence-electron chi connectivity index (χ3n) is 4.89. The fraction of sp³-hybridized carbons (Fsp3) is 0.192. The molecule has 0 radical (unpaired) electrons. The molecule has 4 aromatic rings. The highest BCUT2D eigenvalue weighted by molar-refractivity contribution is 7.99. The van der Waals surface area contributed by atoms with Crippen LogP contribution in [0.15, 0.2) is 81.2 Å². The lowest BCUT2D eigenvalue weighted by atomic mass is 10.2. The number of nitro groups is 2. The van der Waals surface area contributed by atoms with Gasteiger partial charge in [-0.2, -0.15) is 0 Å². The number of carbonyl (C=O) groups is 1. The van der Waals surface area contributed by atoms with Gasteiger partial charge in [0.2, 0.25) is 0 Å². The average Bonchev–Trinajstić information content (AvgIpc) is 3.56. The summed E-state index contributed by atoms with van der Waals surface area (Å²) in [5.74, 6) is 0.665. The van der Waals surface area contributed by atoms with E-state index in [4.69, 9.17) is 0 Å². The molecule has 0 fully saturated rings. The lowest BCUT2D eigenvalue weighted by Crippen LogP contribution is -2.01. The average molecular weight is 607 g/mol. The standard InChI is InChI=1S/C13H11NO4S2.C12H11NO3S2.CH4/c1-18-13(15)10-8-20-12(14(16)17)11(10)19-7-9-5-3-2-4-6-9;14-6-10-8-18-12(13(15)16)11(10)17-7-9-4-2-1-3-5-9;/h2-6,8H,7H2,1H3;1-5,8,14H,6-7H2;1H4. The number of aliphatic hydroxyl groups excluding tert-OH is 1. The molecule has 4 rings (SSSR count). The predicted octanol–water partition coefficient (Wildman–Crippen LogP) is 7.81. The van der Waals surface area contributed by atoms with E-state index < -0.39 is 15.8 Å². The maximum Gasteiger partial charge on any atom is 0.340 e. The third-order valence-corrected chi connectivity index (χ3v) is 9.45. The molecule has 0 aliphatic rings. The van der Waals surface area contributed by atoms with Crippen molar-refractivity contribution in [1.29, 1.82) is 0 Å². The molecule has 9 nitrogen and oxygen atoms in total. The van der Waals surface area contributed by atoms with Crippen LogP contribution in [-0.4, -0.2) is 28.0 Å². The van der Waals surface area contributed by atoms with Crippen molar-refractivity contribution in [2.75, 3.05) is 7.11 Å². The molecule has 2 heterocycles. The summed E-state index contributed by atoms with van der Waals surface area (Å²) in [5.41, 5.74) is 3.03. The Labute approximate surface area is 242 Å². The van der Waals surface area contributed by atoms with Gasteiger partial charge in [-0.05, 0) is 11.1 Å². The molecule has 13 heteroatoms. The zero-order chi connectivity index (χ0) is 27.5. The first-order valence-corrected chi connectivity index (χ1v) is 14.6. The summed E-state index contributed by atoms with van der Waals surface area (Å²) in [7, 11) is 1.26. The van der Waals surface area contributed by atoms with Crippen molar-refractivity contribution in [3.63, 3.8) is 0 Å².